The van der Waals surface area contributed by atoms with Crippen LogP contribution in [0.1, 0.15) is 12.8 Å². The fourth-order valence-electron chi connectivity index (χ4n) is 2.35. The molecular weight excluding hydrogens is 274 g/mol. The lowest BCUT2D eigenvalue weighted by Gasteiger charge is -2.32. The summed E-state index contributed by atoms with van der Waals surface area (Å²) in [5.41, 5.74) is 6.40. The molecule has 2 atom stereocenters. The Bertz CT molecular complexity index is 516. The molecule has 0 bridgehead atoms. The van der Waals surface area contributed by atoms with Crippen LogP contribution in [0.3, 0.4) is 0 Å². The molecule has 0 spiro atoms. The van der Waals surface area contributed by atoms with Crippen LogP contribution in [0, 0.1) is 0 Å². The Labute approximate surface area is 123 Å². The first-order chi connectivity index (χ1) is 10.0. The topological polar surface area (TPSA) is 102 Å². The monoisotopic (exact) mass is 295 g/mol. The fraction of sp³-hybridized carbons (Fsp3) is 0.615. The number of aromatic nitrogens is 2. The zero-order valence-corrected chi connectivity index (χ0v) is 12.3. The maximum Gasteiger partial charge on any atom is 0.249 e. The van der Waals surface area contributed by atoms with Crippen LogP contribution in [0.5, 0.6) is 0 Å². The Morgan fingerprint density at radius 3 is 3.05 bits per heavy atom. The number of nitrogens with two attached hydrogens (primary N) is 1. The van der Waals surface area contributed by atoms with E-state index >= 15 is 0 Å². The molecule has 3 N–H and O–H groups in total. The van der Waals surface area contributed by atoms with Crippen molar-refractivity contribution in [3.8, 4) is 0 Å². The normalized spacial score (nSPS) is 20.4. The van der Waals surface area contributed by atoms with Crippen LogP contribution < -0.4 is 16.0 Å². The average molecular weight is 295 g/mol. The first-order valence-electron chi connectivity index (χ1n) is 6.88. The number of rotatable bonds is 5. The molecule has 0 saturated carbocycles. The molecule has 2 amide bonds. The van der Waals surface area contributed by atoms with Gasteiger partial charge in [-0.3, -0.25) is 14.3 Å². The van der Waals surface area contributed by atoms with Crippen LogP contribution >= 0.6 is 0 Å². The molecule has 0 radical (unpaired) electrons. The third kappa shape index (κ3) is 3.59. The minimum atomic E-state index is -0.767. The maximum absolute atomic E-state index is 12.5. The summed E-state index contributed by atoms with van der Waals surface area (Å²) >= 11 is 0. The molecule has 1 aliphatic rings. The van der Waals surface area contributed by atoms with E-state index in [0.717, 1.165) is 12.1 Å². The number of anilines is 1. The Balaban J connectivity index is 2.01. The predicted octanol–water partition coefficient (Wildman–Crippen LogP) is -0.995. The number of nitrogens with zero attached hydrogens (tertiary/aromatic N) is 3. The Kier molecular flexibility index (Phi) is 4.92. The number of aryl methyl sites for hydroxylation is 1. The van der Waals surface area contributed by atoms with E-state index in [0.29, 0.717) is 13.0 Å². The fourth-order valence-corrected chi connectivity index (χ4v) is 2.35. The largest absolute Gasteiger partial charge is 0.383 e. The summed E-state index contributed by atoms with van der Waals surface area (Å²) in [7, 11) is 3.27. The molecular formula is C13H21N5O3. The van der Waals surface area contributed by atoms with Gasteiger partial charge in [-0.1, -0.05) is 0 Å². The molecule has 0 aromatic carbocycles. The second kappa shape index (κ2) is 6.68. The van der Waals surface area contributed by atoms with Crippen LogP contribution in [0.4, 0.5) is 5.69 Å². The lowest BCUT2D eigenvalue weighted by Crippen LogP contribution is -2.56. The van der Waals surface area contributed by atoms with Crippen molar-refractivity contribution in [2.45, 2.75) is 24.9 Å². The van der Waals surface area contributed by atoms with Crippen LogP contribution in [-0.2, 0) is 21.4 Å². The van der Waals surface area contributed by atoms with Gasteiger partial charge >= 0.3 is 0 Å². The highest BCUT2D eigenvalue weighted by molar-refractivity contribution is 6.00. The van der Waals surface area contributed by atoms with E-state index in [1.807, 2.05) is 0 Å². The molecule has 2 rings (SSSR count). The minimum Gasteiger partial charge on any atom is -0.383 e. The number of piperidine rings is 1. The highest BCUT2D eigenvalue weighted by Crippen LogP contribution is 2.20. The molecule has 0 aliphatic carbocycles. The highest BCUT2D eigenvalue weighted by Gasteiger charge is 2.32. The van der Waals surface area contributed by atoms with Crippen molar-refractivity contribution in [3.05, 3.63) is 12.4 Å². The number of amides is 2. The maximum atomic E-state index is 12.5. The van der Waals surface area contributed by atoms with E-state index in [-0.39, 0.29) is 18.4 Å². The third-order valence-electron chi connectivity index (χ3n) is 3.44. The number of carbonyl (C=O) groups is 2. The van der Waals surface area contributed by atoms with E-state index in [2.05, 4.69) is 10.4 Å². The van der Waals surface area contributed by atoms with E-state index in [1.54, 1.807) is 29.0 Å². The SMILES string of the molecule is COCC(N)C(=O)NC1CCCN(c2cnn(C)c2)C1=O. The summed E-state index contributed by atoms with van der Waals surface area (Å²) < 4.78 is 6.48. The van der Waals surface area contributed by atoms with Crippen molar-refractivity contribution in [2.24, 2.45) is 12.8 Å². The Morgan fingerprint density at radius 2 is 2.43 bits per heavy atom. The number of nitrogens with one attached hydrogen (secondary N) is 1. The summed E-state index contributed by atoms with van der Waals surface area (Å²) in [6.45, 7) is 0.750. The average Bonchev–Trinajstić information content (AvgIpc) is 2.87. The standard InChI is InChI=1S/C13H21N5O3/c1-17-7-9(6-15-17)18-5-3-4-11(13(18)20)16-12(19)10(14)8-21-2/h6-7,10-11H,3-5,8,14H2,1-2H3,(H,16,19). The van der Waals surface area contributed by atoms with Crippen molar-refractivity contribution in [1.82, 2.24) is 15.1 Å². The number of ether oxygens (including phenoxy) is 1. The van der Waals surface area contributed by atoms with Gasteiger partial charge in [-0.2, -0.15) is 5.10 Å². The summed E-state index contributed by atoms with van der Waals surface area (Å²) in [4.78, 5) is 26.0. The van der Waals surface area contributed by atoms with Crippen molar-refractivity contribution in [3.63, 3.8) is 0 Å². The van der Waals surface area contributed by atoms with Gasteiger partial charge < -0.3 is 20.7 Å². The van der Waals surface area contributed by atoms with Gasteiger partial charge in [-0.05, 0) is 12.8 Å². The third-order valence-corrected chi connectivity index (χ3v) is 3.44. The summed E-state index contributed by atoms with van der Waals surface area (Å²) in [6, 6.07) is -1.31. The molecule has 8 heteroatoms. The van der Waals surface area contributed by atoms with Crippen molar-refractivity contribution in [1.29, 1.82) is 0 Å². The molecule has 1 aliphatic heterocycles. The van der Waals surface area contributed by atoms with Gasteiger partial charge in [0, 0.05) is 26.9 Å². The highest BCUT2D eigenvalue weighted by atomic mass is 16.5. The van der Waals surface area contributed by atoms with Crippen molar-refractivity contribution in [2.75, 3.05) is 25.2 Å². The Morgan fingerprint density at radius 1 is 1.67 bits per heavy atom. The smallest absolute Gasteiger partial charge is 0.249 e. The second-order valence-electron chi connectivity index (χ2n) is 5.13. The molecule has 21 heavy (non-hydrogen) atoms. The predicted molar refractivity (Wildman–Crippen MR) is 76.6 cm³/mol. The summed E-state index contributed by atoms with van der Waals surface area (Å²) in [5.74, 6) is -0.504. The van der Waals surface area contributed by atoms with Gasteiger partial charge in [0.25, 0.3) is 0 Å². The van der Waals surface area contributed by atoms with Crippen molar-refractivity contribution < 1.29 is 14.3 Å². The number of hydrogen-bond acceptors (Lipinski definition) is 5. The zero-order valence-electron chi connectivity index (χ0n) is 12.3. The van der Waals surface area contributed by atoms with Gasteiger partial charge in [-0.25, -0.2) is 0 Å². The first-order valence-corrected chi connectivity index (χ1v) is 6.88. The van der Waals surface area contributed by atoms with Crippen LogP contribution in [-0.4, -0.2) is 53.9 Å². The Hall–Kier alpha value is -1.93. The second-order valence-corrected chi connectivity index (χ2v) is 5.13. The molecule has 8 nitrogen and oxygen atoms in total. The lowest BCUT2D eigenvalue weighted by atomic mass is 10.0. The van der Waals surface area contributed by atoms with E-state index in [9.17, 15) is 9.59 Å². The zero-order chi connectivity index (χ0) is 15.4. The lowest BCUT2D eigenvalue weighted by molar-refractivity contribution is -0.129. The van der Waals surface area contributed by atoms with Gasteiger partial charge in [0.1, 0.15) is 12.1 Å². The van der Waals surface area contributed by atoms with Crippen LogP contribution in [0.2, 0.25) is 0 Å². The number of hydrogen-bond donors (Lipinski definition) is 2. The summed E-state index contributed by atoms with van der Waals surface area (Å²) in [6.07, 6.45) is 4.84. The molecule has 1 saturated heterocycles. The van der Waals surface area contributed by atoms with Crippen molar-refractivity contribution >= 4 is 17.5 Å². The molecule has 1 aromatic heterocycles. The summed E-state index contributed by atoms with van der Waals surface area (Å²) in [5, 5.41) is 6.76. The quantitative estimate of drug-likeness (QED) is 0.726. The first kappa shape index (κ1) is 15.5. The van der Waals surface area contributed by atoms with Gasteiger partial charge in [0.05, 0.1) is 18.5 Å². The number of carbonyl (C=O) groups excluding carboxylic acids is 2. The molecule has 1 fully saturated rings. The van der Waals surface area contributed by atoms with E-state index in [4.69, 9.17) is 10.5 Å². The molecule has 2 unspecified atom stereocenters. The van der Waals surface area contributed by atoms with E-state index in [1.165, 1.54) is 7.11 Å². The number of methoxy groups -OCH3 is 1. The molecule has 116 valence electrons. The van der Waals surface area contributed by atoms with Gasteiger partial charge in [0.15, 0.2) is 0 Å². The molecule has 2 heterocycles. The van der Waals surface area contributed by atoms with Crippen LogP contribution in [0.25, 0.3) is 0 Å². The van der Waals surface area contributed by atoms with Gasteiger partial charge in [-0.15, -0.1) is 0 Å². The van der Waals surface area contributed by atoms with Gasteiger partial charge in [0.2, 0.25) is 11.8 Å². The van der Waals surface area contributed by atoms with Crippen LogP contribution in [0.15, 0.2) is 12.4 Å². The van der Waals surface area contributed by atoms with E-state index < -0.39 is 12.1 Å². The molecule has 1 aromatic rings. The minimum absolute atomic E-state index is 0.124.